The highest BCUT2D eigenvalue weighted by Crippen LogP contribution is 2.37. The number of hydrogen-bond acceptors (Lipinski definition) is 3. The van der Waals surface area contributed by atoms with Crippen LogP contribution in [0.1, 0.15) is 51.4 Å². The fraction of sp³-hybridized carbons (Fsp3) is 0.933. The van der Waals surface area contributed by atoms with Crippen molar-refractivity contribution < 1.29 is 9.47 Å². The van der Waals surface area contributed by atoms with E-state index in [1.165, 1.54) is 38.5 Å². The van der Waals surface area contributed by atoms with E-state index in [1.807, 2.05) is 0 Å². The van der Waals surface area contributed by atoms with Crippen molar-refractivity contribution in [2.45, 2.75) is 63.3 Å². The quantitative estimate of drug-likeness (QED) is 0.608. The fourth-order valence-corrected chi connectivity index (χ4v) is 3.25. The van der Waals surface area contributed by atoms with Crippen LogP contribution >= 0.6 is 0 Å². The molecule has 1 spiro atoms. The highest BCUT2D eigenvalue weighted by atomic mass is 16.7. The lowest BCUT2D eigenvalue weighted by Gasteiger charge is -2.31. The summed E-state index contributed by atoms with van der Waals surface area (Å²) in [5.41, 5.74) is 5.89. The predicted molar refractivity (Wildman–Crippen MR) is 78.5 cm³/mol. The standard InChI is InChI=1S/C15H27N3O2/c16-14(17-9-12-5-4-6-12)18-10-13-11-19-15(20-13)7-2-1-3-8-15/h12-13H,1-11H2,(H3,16,17,18). The monoisotopic (exact) mass is 281 g/mol. The topological polar surface area (TPSA) is 68.9 Å². The van der Waals surface area contributed by atoms with Crippen LogP contribution in [0, 0.1) is 5.92 Å². The van der Waals surface area contributed by atoms with Crippen LogP contribution < -0.4 is 11.1 Å². The van der Waals surface area contributed by atoms with Crippen LogP contribution in [0.5, 0.6) is 0 Å². The lowest BCUT2D eigenvalue weighted by Crippen LogP contribution is -2.40. The molecule has 5 nitrogen and oxygen atoms in total. The molecule has 114 valence electrons. The lowest BCUT2D eigenvalue weighted by molar-refractivity contribution is -0.186. The molecule has 2 saturated carbocycles. The van der Waals surface area contributed by atoms with Gasteiger partial charge in [-0.15, -0.1) is 0 Å². The molecule has 5 heteroatoms. The maximum absolute atomic E-state index is 6.10. The van der Waals surface area contributed by atoms with Crippen LogP contribution in [0.15, 0.2) is 4.99 Å². The summed E-state index contributed by atoms with van der Waals surface area (Å²) in [5, 5.41) is 3.17. The summed E-state index contributed by atoms with van der Waals surface area (Å²) in [4.78, 5) is 4.40. The van der Waals surface area contributed by atoms with Gasteiger partial charge in [-0.1, -0.05) is 12.8 Å². The molecule has 1 saturated heterocycles. The zero-order valence-electron chi connectivity index (χ0n) is 12.3. The third-order valence-electron chi connectivity index (χ3n) is 4.78. The van der Waals surface area contributed by atoms with Crippen molar-refractivity contribution in [2.24, 2.45) is 16.6 Å². The summed E-state index contributed by atoms with van der Waals surface area (Å²) >= 11 is 0. The number of rotatable bonds is 4. The van der Waals surface area contributed by atoms with E-state index < -0.39 is 0 Å². The highest BCUT2D eigenvalue weighted by molar-refractivity contribution is 5.77. The van der Waals surface area contributed by atoms with Crippen molar-refractivity contribution in [3.63, 3.8) is 0 Å². The molecule has 3 fully saturated rings. The van der Waals surface area contributed by atoms with Gasteiger partial charge in [-0.05, 0) is 31.6 Å². The van der Waals surface area contributed by atoms with Gasteiger partial charge in [-0.2, -0.15) is 0 Å². The summed E-state index contributed by atoms with van der Waals surface area (Å²) in [6.07, 6.45) is 9.86. The molecule has 0 amide bonds. The summed E-state index contributed by atoms with van der Waals surface area (Å²) in [5.74, 6) is 1.01. The molecule has 3 aliphatic rings. The van der Waals surface area contributed by atoms with Crippen LogP contribution in [0.3, 0.4) is 0 Å². The molecule has 0 bridgehead atoms. The van der Waals surface area contributed by atoms with Crippen molar-refractivity contribution in [2.75, 3.05) is 19.7 Å². The third-order valence-corrected chi connectivity index (χ3v) is 4.78. The smallest absolute Gasteiger partial charge is 0.188 e. The van der Waals surface area contributed by atoms with Gasteiger partial charge in [0.15, 0.2) is 11.7 Å². The number of nitrogens with two attached hydrogens (primary N) is 1. The first-order chi connectivity index (χ1) is 9.76. The maximum atomic E-state index is 6.10. The van der Waals surface area contributed by atoms with Crippen molar-refractivity contribution >= 4 is 5.96 Å². The molecule has 2 aliphatic carbocycles. The van der Waals surface area contributed by atoms with Crippen molar-refractivity contribution in [3.05, 3.63) is 0 Å². The van der Waals surface area contributed by atoms with Gasteiger partial charge < -0.3 is 20.5 Å². The Balaban J connectivity index is 1.38. The average Bonchev–Trinajstić information content (AvgIpc) is 2.78. The van der Waals surface area contributed by atoms with Crippen LogP contribution in [0.4, 0.5) is 0 Å². The van der Waals surface area contributed by atoms with Gasteiger partial charge in [0.2, 0.25) is 0 Å². The molecule has 0 aromatic carbocycles. The van der Waals surface area contributed by atoms with E-state index >= 15 is 0 Å². The Kier molecular flexibility index (Phi) is 4.46. The van der Waals surface area contributed by atoms with Crippen LogP contribution in [-0.4, -0.2) is 37.5 Å². The summed E-state index contributed by atoms with van der Waals surface area (Å²) in [6.45, 7) is 2.23. The minimum absolute atomic E-state index is 0.102. The zero-order chi connectivity index (χ0) is 13.8. The molecular formula is C15H27N3O2. The average molecular weight is 281 g/mol. The van der Waals surface area contributed by atoms with E-state index in [0.717, 1.165) is 25.3 Å². The van der Waals surface area contributed by atoms with E-state index in [-0.39, 0.29) is 11.9 Å². The second-order valence-electron chi connectivity index (χ2n) is 6.43. The summed E-state index contributed by atoms with van der Waals surface area (Å²) < 4.78 is 12.0. The second-order valence-corrected chi connectivity index (χ2v) is 6.43. The number of nitrogens with zero attached hydrogens (tertiary/aromatic N) is 1. The minimum Gasteiger partial charge on any atom is -0.370 e. The Morgan fingerprint density at radius 1 is 1.20 bits per heavy atom. The van der Waals surface area contributed by atoms with Crippen LogP contribution in [-0.2, 0) is 9.47 Å². The molecule has 3 rings (SSSR count). The highest BCUT2D eigenvalue weighted by Gasteiger charge is 2.42. The van der Waals surface area contributed by atoms with E-state index in [0.29, 0.717) is 19.1 Å². The number of aliphatic imine (C=N–C) groups is 1. The van der Waals surface area contributed by atoms with Crippen LogP contribution in [0.2, 0.25) is 0 Å². The number of hydrogen-bond donors (Lipinski definition) is 2. The van der Waals surface area contributed by atoms with Crippen LogP contribution in [0.25, 0.3) is 0 Å². The summed E-state index contributed by atoms with van der Waals surface area (Å²) in [6, 6.07) is 0. The first kappa shape index (κ1) is 14.1. The summed E-state index contributed by atoms with van der Waals surface area (Å²) in [7, 11) is 0. The van der Waals surface area contributed by atoms with E-state index in [4.69, 9.17) is 15.2 Å². The molecule has 0 aromatic heterocycles. The Labute approximate surface area is 121 Å². The molecule has 0 aromatic rings. The minimum atomic E-state index is -0.289. The number of ether oxygens (including phenoxy) is 2. The molecule has 1 atom stereocenters. The number of nitrogens with one attached hydrogen (secondary N) is 1. The lowest BCUT2D eigenvalue weighted by atomic mass is 9.86. The molecule has 1 aliphatic heterocycles. The van der Waals surface area contributed by atoms with Gasteiger partial charge in [0.25, 0.3) is 0 Å². The Hall–Kier alpha value is -0.810. The first-order valence-corrected chi connectivity index (χ1v) is 8.11. The Bertz CT molecular complexity index is 349. The zero-order valence-corrected chi connectivity index (χ0v) is 12.3. The van der Waals surface area contributed by atoms with Crippen molar-refractivity contribution in [1.29, 1.82) is 0 Å². The van der Waals surface area contributed by atoms with Gasteiger partial charge in [-0.3, -0.25) is 4.99 Å². The molecule has 20 heavy (non-hydrogen) atoms. The maximum Gasteiger partial charge on any atom is 0.188 e. The molecule has 1 heterocycles. The molecular weight excluding hydrogens is 254 g/mol. The van der Waals surface area contributed by atoms with Gasteiger partial charge >= 0.3 is 0 Å². The van der Waals surface area contributed by atoms with Gasteiger partial charge in [-0.25, -0.2) is 0 Å². The van der Waals surface area contributed by atoms with E-state index in [1.54, 1.807) is 0 Å². The second kappa shape index (κ2) is 6.31. The van der Waals surface area contributed by atoms with Crippen molar-refractivity contribution in [3.8, 4) is 0 Å². The fourth-order valence-electron chi connectivity index (χ4n) is 3.25. The normalized spacial score (nSPS) is 30.4. The van der Waals surface area contributed by atoms with Crippen molar-refractivity contribution in [1.82, 2.24) is 5.32 Å². The Morgan fingerprint density at radius 2 is 2.00 bits per heavy atom. The number of guanidine groups is 1. The third kappa shape index (κ3) is 3.44. The molecule has 0 radical (unpaired) electrons. The van der Waals surface area contributed by atoms with E-state index in [2.05, 4.69) is 10.3 Å². The van der Waals surface area contributed by atoms with E-state index in [9.17, 15) is 0 Å². The molecule has 1 unspecified atom stereocenters. The predicted octanol–water partition coefficient (Wildman–Crippen LogP) is 1.77. The Morgan fingerprint density at radius 3 is 2.70 bits per heavy atom. The van der Waals surface area contributed by atoms with Gasteiger partial charge in [0, 0.05) is 25.9 Å². The van der Waals surface area contributed by atoms with Gasteiger partial charge in [0.1, 0.15) is 6.10 Å². The first-order valence-electron chi connectivity index (χ1n) is 8.11. The SMILES string of the molecule is NC(=NCC1CCC1)NCC1COC2(CCCCC2)O1. The van der Waals surface area contributed by atoms with Gasteiger partial charge in [0.05, 0.1) is 6.61 Å². The largest absolute Gasteiger partial charge is 0.370 e. The molecule has 3 N–H and O–H groups in total.